The highest BCUT2D eigenvalue weighted by molar-refractivity contribution is 6.25. The zero-order valence-electron chi connectivity index (χ0n) is 28.6. The van der Waals surface area contributed by atoms with E-state index in [4.69, 9.17) is 57.0 Å². The minimum Gasteiger partial charge on any atom is -0.497 e. The van der Waals surface area contributed by atoms with Gasteiger partial charge in [-0.1, -0.05) is 10.3 Å². The second kappa shape index (κ2) is 13.0. The van der Waals surface area contributed by atoms with Gasteiger partial charge in [-0.2, -0.15) is 0 Å². The summed E-state index contributed by atoms with van der Waals surface area (Å²) in [6.07, 6.45) is -1.08. The second-order valence-electron chi connectivity index (χ2n) is 12.8. The highest BCUT2D eigenvalue weighted by Gasteiger charge is 2.78. The normalized spacial score (nSPS) is 29.1. The maximum atomic E-state index is 15.3. The Morgan fingerprint density at radius 2 is 1.20 bits per heavy atom. The fourth-order valence-electron chi connectivity index (χ4n) is 7.89. The quantitative estimate of drug-likeness (QED) is 0.397. The molecule has 1 saturated carbocycles. The number of oxime groups is 2. The predicted molar refractivity (Wildman–Crippen MR) is 172 cm³/mol. The number of fused-ring (bicyclic) bond motifs is 4. The second-order valence-corrected chi connectivity index (χ2v) is 12.8. The first-order valence-corrected chi connectivity index (χ1v) is 16.7. The number of ketones is 1. The van der Waals surface area contributed by atoms with Crippen LogP contribution in [0, 0.1) is 11.8 Å². The maximum absolute atomic E-state index is 15.3. The van der Waals surface area contributed by atoms with Gasteiger partial charge in [-0.05, 0) is 31.9 Å². The van der Waals surface area contributed by atoms with Crippen LogP contribution in [-0.2, 0) is 42.9 Å². The van der Waals surface area contributed by atoms with Gasteiger partial charge in [-0.15, -0.1) is 0 Å². The van der Waals surface area contributed by atoms with E-state index in [9.17, 15) is 0 Å². The first-order valence-electron chi connectivity index (χ1n) is 16.7. The van der Waals surface area contributed by atoms with E-state index in [0.29, 0.717) is 83.1 Å². The molecular formula is C35H40N2O13. The van der Waals surface area contributed by atoms with Gasteiger partial charge in [0.1, 0.15) is 46.3 Å². The van der Waals surface area contributed by atoms with Gasteiger partial charge < -0.3 is 57.0 Å². The van der Waals surface area contributed by atoms with E-state index < -0.39 is 41.9 Å². The topological polar surface area (TPSA) is 153 Å². The van der Waals surface area contributed by atoms with Crippen molar-refractivity contribution < 1.29 is 61.8 Å². The molecule has 5 heterocycles. The number of rotatable bonds is 8. The zero-order chi connectivity index (χ0) is 34.6. The van der Waals surface area contributed by atoms with Gasteiger partial charge in [0.15, 0.2) is 18.4 Å². The highest BCUT2D eigenvalue weighted by Crippen LogP contribution is 2.57. The van der Waals surface area contributed by atoms with E-state index in [1.807, 2.05) is 0 Å². The van der Waals surface area contributed by atoms with Crippen LogP contribution in [0.2, 0.25) is 0 Å². The van der Waals surface area contributed by atoms with E-state index in [1.54, 1.807) is 45.4 Å². The molecule has 0 aromatic heterocycles. The third-order valence-electron chi connectivity index (χ3n) is 10.2. The predicted octanol–water partition coefficient (Wildman–Crippen LogP) is 3.45. The lowest BCUT2D eigenvalue weighted by atomic mass is 9.61. The molecule has 1 aliphatic carbocycles. The van der Waals surface area contributed by atoms with Crippen molar-refractivity contribution in [2.75, 3.05) is 68.1 Å². The highest BCUT2D eigenvalue weighted by atomic mass is 16.8. The molecule has 4 atom stereocenters. The fourth-order valence-corrected chi connectivity index (χ4v) is 7.89. The van der Waals surface area contributed by atoms with Gasteiger partial charge in [0.2, 0.25) is 11.7 Å². The van der Waals surface area contributed by atoms with Crippen molar-refractivity contribution in [1.29, 1.82) is 0 Å². The van der Waals surface area contributed by atoms with Crippen LogP contribution >= 0.6 is 0 Å². The van der Waals surface area contributed by atoms with Crippen molar-refractivity contribution in [1.82, 2.24) is 0 Å². The maximum Gasteiger partial charge on any atom is 0.254 e. The van der Waals surface area contributed by atoms with Crippen molar-refractivity contribution in [3.05, 3.63) is 46.5 Å². The van der Waals surface area contributed by atoms with Crippen molar-refractivity contribution in [2.45, 2.75) is 49.8 Å². The molecule has 0 bridgehead atoms. The van der Waals surface area contributed by atoms with E-state index in [0.717, 1.165) is 12.8 Å². The molecule has 4 fully saturated rings. The summed E-state index contributed by atoms with van der Waals surface area (Å²) in [5.74, 6) is -2.11. The largest absolute Gasteiger partial charge is 0.497 e. The summed E-state index contributed by atoms with van der Waals surface area (Å²) in [7, 11) is 6.18. The number of ether oxygens (including phenoxy) is 10. The molecule has 2 aromatic carbocycles. The SMILES string of the molecule is COc1cc(OC)c(C2=NOC3C2C(=O)C2C(c4c(OC)cc(OC)cc4C4OCCCO4)=NOC2(C)C32OCCO2)c(C2OCCCO2)c1. The summed E-state index contributed by atoms with van der Waals surface area (Å²) < 4.78 is 60.1. The van der Waals surface area contributed by atoms with Crippen molar-refractivity contribution in [3.63, 3.8) is 0 Å². The number of Topliss-reactive ketones (excluding diaryl/α,β-unsaturated/α-hetero) is 1. The Morgan fingerprint density at radius 1 is 0.680 bits per heavy atom. The van der Waals surface area contributed by atoms with Crippen LogP contribution in [0.15, 0.2) is 34.6 Å². The minimum atomic E-state index is -1.58. The molecule has 1 spiro atoms. The molecule has 8 rings (SSSR count). The Kier molecular flexibility index (Phi) is 8.60. The molecule has 0 N–H and O–H groups in total. The summed E-state index contributed by atoms with van der Waals surface area (Å²) >= 11 is 0. The van der Waals surface area contributed by atoms with Crippen LogP contribution in [0.1, 0.15) is 54.6 Å². The third kappa shape index (κ3) is 4.89. The monoisotopic (exact) mass is 696 g/mol. The lowest BCUT2D eigenvalue weighted by Gasteiger charge is -2.49. The van der Waals surface area contributed by atoms with Crippen molar-refractivity contribution >= 4 is 17.2 Å². The van der Waals surface area contributed by atoms with Crippen LogP contribution in [0.25, 0.3) is 0 Å². The molecule has 268 valence electrons. The molecular weight excluding hydrogens is 656 g/mol. The number of benzene rings is 2. The lowest BCUT2D eigenvalue weighted by Crippen LogP contribution is -2.72. The number of carbonyl (C=O) groups is 1. The molecule has 15 nitrogen and oxygen atoms in total. The fraction of sp³-hybridized carbons (Fsp3) is 0.571. The van der Waals surface area contributed by atoms with Gasteiger partial charge in [0.25, 0.3) is 5.79 Å². The molecule has 0 radical (unpaired) electrons. The van der Waals surface area contributed by atoms with Crippen LogP contribution in [0.5, 0.6) is 23.0 Å². The zero-order valence-corrected chi connectivity index (χ0v) is 28.6. The van der Waals surface area contributed by atoms with Crippen molar-refractivity contribution in [3.8, 4) is 23.0 Å². The van der Waals surface area contributed by atoms with E-state index in [2.05, 4.69) is 10.3 Å². The van der Waals surface area contributed by atoms with Crippen LogP contribution < -0.4 is 18.9 Å². The average Bonchev–Trinajstić information content (AvgIpc) is 3.92. The average molecular weight is 697 g/mol. The smallest absolute Gasteiger partial charge is 0.254 e. The summed E-state index contributed by atoms with van der Waals surface area (Å²) in [6, 6.07) is 7.03. The van der Waals surface area contributed by atoms with Gasteiger partial charge in [0, 0.05) is 23.3 Å². The summed E-state index contributed by atoms with van der Waals surface area (Å²) in [5, 5.41) is 9.18. The Morgan fingerprint density at radius 3 is 1.70 bits per heavy atom. The number of hydrogen-bond acceptors (Lipinski definition) is 15. The Hall–Kier alpha value is -3.99. The molecule has 3 saturated heterocycles. The van der Waals surface area contributed by atoms with E-state index in [-0.39, 0.29) is 19.0 Å². The van der Waals surface area contributed by atoms with Crippen LogP contribution in [0.3, 0.4) is 0 Å². The van der Waals surface area contributed by atoms with Gasteiger partial charge in [-0.25, -0.2) is 0 Å². The number of nitrogens with zero attached hydrogens (tertiary/aromatic N) is 2. The summed E-state index contributed by atoms with van der Waals surface area (Å²) in [6.45, 7) is 4.16. The molecule has 4 unspecified atom stereocenters. The van der Waals surface area contributed by atoms with Gasteiger partial charge in [0.05, 0.1) is 79.2 Å². The van der Waals surface area contributed by atoms with Crippen LogP contribution in [-0.4, -0.2) is 103 Å². The molecule has 6 aliphatic rings. The summed E-state index contributed by atoms with van der Waals surface area (Å²) in [4.78, 5) is 27.8. The first-order chi connectivity index (χ1) is 24.4. The van der Waals surface area contributed by atoms with E-state index in [1.165, 1.54) is 14.2 Å². The van der Waals surface area contributed by atoms with Crippen LogP contribution in [0.4, 0.5) is 0 Å². The number of hydrogen-bond donors (Lipinski definition) is 0. The van der Waals surface area contributed by atoms with E-state index >= 15 is 4.79 Å². The Bertz CT molecular complexity index is 1710. The molecule has 15 heteroatoms. The standard InChI is InChI=1S/C35H40N2O13/c1-34-27(29(37-50-34)25-21(33-45-10-7-11-46-33)15-19(40-3)17-23(25)42-5)30(38)26-28(36-49-31(26)35(34)47-12-13-48-35)24-20(32-43-8-6-9-44-32)14-18(39-2)16-22(24)41-4/h14-17,26-27,31-33H,6-13H2,1-5H3. The van der Waals surface area contributed by atoms with Gasteiger partial charge in [-0.3, -0.25) is 4.79 Å². The molecule has 50 heavy (non-hydrogen) atoms. The van der Waals surface area contributed by atoms with Gasteiger partial charge >= 0.3 is 0 Å². The number of carbonyl (C=O) groups excluding carboxylic acids is 1. The first kappa shape index (κ1) is 33.2. The molecule has 5 aliphatic heterocycles. The minimum absolute atomic E-state index is 0.235. The lowest BCUT2D eigenvalue weighted by molar-refractivity contribution is -0.333. The summed E-state index contributed by atoms with van der Waals surface area (Å²) in [5.41, 5.74) is 1.26. The Labute approximate surface area is 288 Å². The van der Waals surface area contributed by atoms with Crippen molar-refractivity contribution in [2.24, 2.45) is 22.1 Å². The Balaban J connectivity index is 1.29. The number of methoxy groups -OCH3 is 4. The third-order valence-corrected chi connectivity index (χ3v) is 10.2. The molecule has 0 amide bonds. The molecule has 2 aromatic rings.